The molecule has 28 heavy (non-hydrogen) atoms. The zero-order valence-electron chi connectivity index (χ0n) is 16.8. The maximum absolute atomic E-state index is 4.74. The average molecular weight is 561 g/mol. The molecule has 1 aromatic carbocycles. The van der Waals surface area contributed by atoms with Gasteiger partial charge >= 0.3 is 0 Å². The number of guanidine groups is 1. The normalized spacial score (nSPS) is 15.1. The topological polar surface area (TPSA) is 67.1 Å². The van der Waals surface area contributed by atoms with E-state index in [1.807, 2.05) is 18.5 Å². The van der Waals surface area contributed by atoms with Crippen LogP contribution in [0.1, 0.15) is 49.8 Å². The van der Waals surface area contributed by atoms with Gasteiger partial charge in [-0.2, -0.15) is 0 Å². The van der Waals surface area contributed by atoms with Gasteiger partial charge in [0, 0.05) is 30.0 Å². The molecule has 0 unspecified atom stereocenters. The Morgan fingerprint density at radius 1 is 1.29 bits per heavy atom. The molecule has 8 heteroatoms. The molecular formula is C20H30BrIN6. The van der Waals surface area contributed by atoms with E-state index in [4.69, 9.17) is 4.99 Å². The monoisotopic (exact) mass is 560 g/mol. The Labute approximate surface area is 193 Å². The number of aryl methyl sites for hydroxylation is 1. The van der Waals surface area contributed by atoms with Crippen LogP contribution in [0.2, 0.25) is 0 Å². The molecule has 2 aromatic rings. The van der Waals surface area contributed by atoms with Gasteiger partial charge in [0.1, 0.15) is 12.4 Å². The quantitative estimate of drug-likeness (QED) is 0.221. The minimum atomic E-state index is 0. The van der Waals surface area contributed by atoms with Crippen molar-refractivity contribution in [3.8, 4) is 0 Å². The Hall–Kier alpha value is -1.16. The fourth-order valence-corrected chi connectivity index (χ4v) is 3.49. The number of unbranched alkanes of at least 4 members (excludes halogenated alkanes) is 1. The van der Waals surface area contributed by atoms with Crippen molar-refractivity contribution in [2.24, 2.45) is 12.0 Å². The van der Waals surface area contributed by atoms with Gasteiger partial charge in [0.25, 0.3) is 0 Å². The van der Waals surface area contributed by atoms with E-state index in [-0.39, 0.29) is 29.4 Å². The van der Waals surface area contributed by atoms with Gasteiger partial charge in [-0.15, -0.1) is 34.2 Å². The van der Waals surface area contributed by atoms with E-state index in [1.54, 1.807) is 0 Å². The molecule has 3 rings (SSSR count). The fraction of sp³-hybridized carbons (Fsp3) is 0.550. The summed E-state index contributed by atoms with van der Waals surface area (Å²) in [6.45, 7) is 6.47. The van der Waals surface area contributed by atoms with E-state index in [1.165, 1.54) is 18.4 Å². The largest absolute Gasteiger partial charge is 0.356 e. The van der Waals surface area contributed by atoms with E-state index in [0.717, 1.165) is 48.0 Å². The van der Waals surface area contributed by atoms with Gasteiger partial charge < -0.3 is 15.2 Å². The molecule has 0 bridgehead atoms. The summed E-state index contributed by atoms with van der Waals surface area (Å²) in [5.74, 6) is 2.63. The molecule has 1 aliphatic rings. The summed E-state index contributed by atoms with van der Waals surface area (Å²) in [7, 11) is 1.98. The lowest BCUT2D eigenvalue weighted by Crippen LogP contribution is -2.41. The Bertz CT molecular complexity index is 800. The fourth-order valence-electron chi connectivity index (χ4n) is 3.09. The van der Waals surface area contributed by atoms with Gasteiger partial charge in [-0.1, -0.05) is 41.4 Å². The number of halogens is 2. The molecule has 1 aromatic heterocycles. The van der Waals surface area contributed by atoms with Crippen LogP contribution in [0.25, 0.3) is 0 Å². The standard InChI is InChI=1S/C20H29BrN6.HI/c1-4-5-11-22-19(23-13-18-26-25-15(2)27(18)3)24-14-20(9-10-20)16-7-6-8-17(21)12-16;/h6-8,12H,4-5,9-11,13-14H2,1-3H3,(H2,22,23,24);1H. The van der Waals surface area contributed by atoms with Crippen LogP contribution in [-0.4, -0.2) is 33.8 Å². The second kappa shape index (κ2) is 10.6. The van der Waals surface area contributed by atoms with Crippen LogP contribution >= 0.6 is 39.9 Å². The Balaban J connectivity index is 0.00000280. The molecule has 1 fully saturated rings. The molecule has 154 valence electrons. The summed E-state index contributed by atoms with van der Waals surface area (Å²) >= 11 is 3.59. The Morgan fingerprint density at radius 2 is 2.07 bits per heavy atom. The van der Waals surface area contributed by atoms with Crippen LogP contribution < -0.4 is 10.6 Å². The number of nitrogens with one attached hydrogen (secondary N) is 2. The zero-order valence-corrected chi connectivity index (χ0v) is 20.8. The molecule has 0 aliphatic heterocycles. The van der Waals surface area contributed by atoms with E-state index in [9.17, 15) is 0 Å². The smallest absolute Gasteiger partial charge is 0.191 e. The molecular weight excluding hydrogens is 531 g/mol. The van der Waals surface area contributed by atoms with Crippen molar-refractivity contribution in [2.45, 2.75) is 51.5 Å². The second-order valence-corrected chi connectivity index (χ2v) is 8.23. The lowest BCUT2D eigenvalue weighted by molar-refractivity contribution is 0.637. The highest BCUT2D eigenvalue weighted by Crippen LogP contribution is 2.48. The predicted molar refractivity (Wildman–Crippen MR) is 128 cm³/mol. The van der Waals surface area contributed by atoms with Gasteiger partial charge in [-0.05, 0) is 43.9 Å². The minimum absolute atomic E-state index is 0. The molecule has 1 heterocycles. The number of aliphatic imine (C=N–C) groups is 1. The molecule has 6 nitrogen and oxygen atoms in total. The SMILES string of the molecule is CCCCNC(=NCc1nnc(C)n1C)NCC1(c2cccc(Br)c2)CC1.I. The minimum Gasteiger partial charge on any atom is -0.356 e. The molecule has 1 aliphatic carbocycles. The van der Waals surface area contributed by atoms with Crippen molar-refractivity contribution in [3.63, 3.8) is 0 Å². The van der Waals surface area contributed by atoms with E-state index >= 15 is 0 Å². The van der Waals surface area contributed by atoms with Crippen molar-refractivity contribution in [2.75, 3.05) is 13.1 Å². The second-order valence-electron chi connectivity index (χ2n) is 7.31. The van der Waals surface area contributed by atoms with Crippen LogP contribution in [0, 0.1) is 6.92 Å². The third-order valence-corrected chi connectivity index (χ3v) is 5.76. The first kappa shape index (κ1) is 23.1. The van der Waals surface area contributed by atoms with Gasteiger partial charge in [-0.25, -0.2) is 4.99 Å². The first-order chi connectivity index (χ1) is 13.0. The summed E-state index contributed by atoms with van der Waals surface area (Å²) in [6, 6.07) is 8.65. The number of aromatic nitrogens is 3. The van der Waals surface area contributed by atoms with E-state index in [2.05, 4.69) is 68.0 Å². The predicted octanol–water partition coefficient (Wildman–Crippen LogP) is 4.07. The number of benzene rings is 1. The average Bonchev–Trinajstić information content (AvgIpc) is 3.39. The molecule has 0 atom stereocenters. The number of rotatable bonds is 8. The first-order valence-electron chi connectivity index (χ1n) is 9.67. The number of hydrogen-bond acceptors (Lipinski definition) is 3. The summed E-state index contributed by atoms with van der Waals surface area (Å²) in [4.78, 5) is 4.74. The van der Waals surface area contributed by atoms with Crippen LogP contribution in [0.15, 0.2) is 33.7 Å². The molecule has 0 amide bonds. The van der Waals surface area contributed by atoms with Crippen molar-refractivity contribution < 1.29 is 0 Å². The third kappa shape index (κ3) is 5.92. The van der Waals surface area contributed by atoms with Crippen molar-refractivity contribution in [1.29, 1.82) is 0 Å². The summed E-state index contributed by atoms with van der Waals surface area (Å²) < 4.78 is 3.12. The molecule has 2 N–H and O–H groups in total. The van der Waals surface area contributed by atoms with Gasteiger partial charge in [-0.3, -0.25) is 0 Å². The maximum Gasteiger partial charge on any atom is 0.191 e. The summed E-state index contributed by atoms with van der Waals surface area (Å²) in [5.41, 5.74) is 1.61. The van der Waals surface area contributed by atoms with Crippen molar-refractivity contribution in [3.05, 3.63) is 46.0 Å². The Morgan fingerprint density at radius 3 is 2.68 bits per heavy atom. The van der Waals surface area contributed by atoms with Crippen molar-refractivity contribution in [1.82, 2.24) is 25.4 Å². The summed E-state index contributed by atoms with van der Waals surface area (Å²) in [6.07, 6.45) is 4.70. The van der Waals surface area contributed by atoms with Crippen molar-refractivity contribution >= 4 is 45.9 Å². The van der Waals surface area contributed by atoms with Crippen LogP contribution in [0.4, 0.5) is 0 Å². The van der Waals surface area contributed by atoms with Gasteiger partial charge in [0.05, 0.1) is 0 Å². The highest BCUT2D eigenvalue weighted by molar-refractivity contribution is 14.0. The lowest BCUT2D eigenvalue weighted by atomic mass is 9.96. The first-order valence-corrected chi connectivity index (χ1v) is 10.5. The summed E-state index contributed by atoms with van der Waals surface area (Å²) in [5, 5.41) is 15.3. The maximum atomic E-state index is 4.74. The third-order valence-electron chi connectivity index (χ3n) is 5.27. The molecule has 1 saturated carbocycles. The van der Waals surface area contributed by atoms with E-state index in [0.29, 0.717) is 6.54 Å². The van der Waals surface area contributed by atoms with Gasteiger partial charge in [0.15, 0.2) is 11.8 Å². The molecule has 0 radical (unpaired) electrons. The van der Waals surface area contributed by atoms with Crippen LogP contribution in [-0.2, 0) is 19.0 Å². The van der Waals surface area contributed by atoms with E-state index < -0.39 is 0 Å². The van der Waals surface area contributed by atoms with Gasteiger partial charge in [0.2, 0.25) is 0 Å². The number of hydrogen-bond donors (Lipinski definition) is 2. The lowest BCUT2D eigenvalue weighted by Gasteiger charge is -2.19. The highest BCUT2D eigenvalue weighted by Gasteiger charge is 2.44. The van der Waals surface area contributed by atoms with Crippen LogP contribution in [0.3, 0.4) is 0 Å². The highest BCUT2D eigenvalue weighted by atomic mass is 127. The zero-order chi connectivity index (χ0) is 19.3. The Kier molecular flexibility index (Phi) is 8.73. The molecule has 0 saturated heterocycles. The molecule has 0 spiro atoms. The number of nitrogens with zero attached hydrogens (tertiary/aromatic N) is 4. The van der Waals surface area contributed by atoms with Crippen LogP contribution in [0.5, 0.6) is 0 Å².